The summed E-state index contributed by atoms with van der Waals surface area (Å²) in [7, 11) is 0. The topological polar surface area (TPSA) is 30.9 Å². The molecular weight excluding hydrogens is 251 g/mol. The molecule has 0 saturated heterocycles. The molecular formula is C14H14ClFN2. The van der Waals surface area contributed by atoms with Gasteiger partial charge in [0, 0.05) is 23.6 Å². The largest absolute Gasteiger partial charge is 0.324 e. The van der Waals surface area contributed by atoms with E-state index in [1.807, 2.05) is 22.9 Å². The molecule has 0 radical (unpaired) electrons. The monoisotopic (exact) mass is 264 g/mol. The summed E-state index contributed by atoms with van der Waals surface area (Å²) in [5, 5.41) is 0.150. The van der Waals surface area contributed by atoms with Crippen LogP contribution in [-0.4, -0.2) is 4.57 Å². The highest BCUT2D eigenvalue weighted by Gasteiger charge is 2.20. The fraction of sp³-hybridized carbons (Fsp3) is 0.286. The number of hydrogen-bond donors (Lipinski definition) is 1. The van der Waals surface area contributed by atoms with E-state index in [1.165, 1.54) is 17.3 Å². The Hall–Kier alpha value is -1.32. The first kappa shape index (κ1) is 11.8. The number of fused-ring (bicyclic) bond motifs is 1. The maximum atomic E-state index is 13.5. The molecule has 0 amide bonds. The van der Waals surface area contributed by atoms with Gasteiger partial charge in [-0.2, -0.15) is 0 Å². The Morgan fingerprint density at radius 3 is 2.94 bits per heavy atom. The quantitative estimate of drug-likeness (QED) is 0.838. The van der Waals surface area contributed by atoms with Crippen molar-refractivity contribution in [2.24, 2.45) is 5.73 Å². The summed E-state index contributed by atoms with van der Waals surface area (Å²) in [5.74, 6) is -0.392. The Morgan fingerprint density at radius 2 is 2.17 bits per heavy atom. The zero-order chi connectivity index (χ0) is 12.7. The number of benzene rings is 1. The van der Waals surface area contributed by atoms with Crippen molar-refractivity contribution in [2.75, 3.05) is 0 Å². The van der Waals surface area contributed by atoms with Gasteiger partial charge in [0.15, 0.2) is 0 Å². The molecule has 4 heteroatoms. The van der Waals surface area contributed by atoms with Crippen molar-refractivity contribution in [3.63, 3.8) is 0 Å². The van der Waals surface area contributed by atoms with Crippen LogP contribution < -0.4 is 5.73 Å². The number of rotatable bonds is 1. The molecule has 1 aliphatic rings. The van der Waals surface area contributed by atoms with E-state index < -0.39 is 5.82 Å². The SMILES string of the molecule is NC1CCCc2c1ccn2-c1ccc(Cl)c(F)c1. The highest BCUT2D eigenvalue weighted by molar-refractivity contribution is 6.30. The third kappa shape index (κ3) is 1.84. The molecule has 2 N–H and O–H groups in total. The van der Waals surface area contributed by atoms with Crippen LogP contribution in [-0.2, 0) is 6.42 Å². The number of aromatic nitrogens is 1. The van der Waals surface area contributed by atoms with Gasteiger partial charge in [0.25, 0.3) is 0 Å². The van der Waals surface area contributed by atoms with Crippen LogP contribution in [0.1, 0.15) is 30.1 Å². The number of nitrogens with zero attached hydrogens (tertiary/aromatic N) is 1. The fourth-order valence-electron chi connectivity index (χ4n) is 2.60. The predicted octanol–water partition coefficient (Wildman–Crippen LogP) is 3.61. The van der Waals surface area contributed by atoms with E-state index in [4.69, 9.17) is 17.3 Å². The van der Waals surface area contributed by atoms with Crippen LogP contribution in [0.4, 0.5) is 4.39 Å². The summed E-state index contributed by atoms with van der Waals surface area (Å²) < 4.78 is 15.5. The summed E-state index contributed by atoms with van der Waals surface area (Å²) in [6.07, 6.45) is 5.04. The Morgan fingerprint density at radius 1 is 1.33 bits per heavy atom. The summed E-state index contributed by atoms with van der Waals surface area (Å²) >= 11 is 5.70. The fourth-order valence-corrected chi connectivity index (χ4v) is 2.72. The lowest BCUT2D eigenvalue weighted by Crippen LogP contribution is -2.17. The van der Waals surface area contributed by atoms with Gasteiger partial charge >= 0.3 is 0 Å². The molecule has 18 heavy (non-hydrogen) atoms. The van der Waals surface area contributed by atoms with Gasteiger partial charge in [0.2, 0.25) is 0 Å². The van der Waals surface area contributed by atoms with E-state index in [2.05, 4.69) is 0 Å². The zero-order valence-electron chi connectivity index (χ0n) is 9.87. The number of nitrogens with two attached hydrogens (primary N) is 1. The lowest BCUT2D eigenvalue weighted by molar-refractivity contribution is 0.559. The Labute approximate surface area is 110 Å². The molecule has 2 aromatic rings. The molecule has 1 aliphatic carbocycles. The first-order chi connectivity index (χ1) is 8.66. The van der Waals surface area contributed by atoms with Crippen LogP contribution in [0.5, 0.6) is 0 Å². The Bertz CT molecular complexity index is 591. The van der Waals surface area contributed by atoms with Crippen LogP contribution >= 0.6 is 11.6 Å². The molecule has 1 aromatic heterocycles. The van der Waals surface area contributed by atoms with E-state index in [0.717, 1.165) is 24.9 Å². The highest BCUT2D eigenvalue weighted by Crippen LogP contribution is 2.31. The van der Waals surface area contributed by atoms with Crippen LogP contribution in [0.25, 0.3) is 5.69 Å². The highest BCUT2D eigenvalue weighted by atomic mass is 35.5. The van der Waals surface area contributed by atoms with Crippen molar-refractivity contribution in [3.8, 4) is 5.69 Å². The minimum atomic E-state index is -0.392. The van der Waals surface area contributed by atoms with Crippen LogP contribution in [0.2, 0.25) is 5.02 Å². The van der Waals surface area contributed by atoms with Gasteiger partial charge in [0.05, 0.1) is 5.02 Å². The molecule has 0 saturated carbocycles. The van der Waals surface area contributed by atoms with Crippen molar-refractivity contribution in [3.05, 3.63) is 52.6 Å². The Kier molecular flexibility index (Phi) is 2.88. The van der Waals surface area contributed by atoms with Crippen LogP contribution in [0.15, 0.2) is 30.5 Å². The van der Waals surface area contributed by atoms with E-state index in [-0.39, 0.29) is 11.1 Å². The summed E-state index contributed by atoms with van der Waals surface area (Å²) in [6.45, 7) is 0. The number of hydrogen-bond acceptors (Lipinski definition) is 1. The molecule has 1 atom stereocenters. The van der Waals surface area contributed by atoms with E-state index in [0.29, 0.717) is 0 Å². The van der Waals surface area contributed by atoms with Crippen molar-refractivity contribution in [1.29, 1.82) is 0 Å². The first-order valence-corrected chi connectivity index (χ1v) is 6.46. The molecule has 0 fully saturated rings. The number of halogens is 2. The average molecular weight is 265 g/mol. The standard InChI is InChI=1S/C14H14ClFN2/c15-11-5-4-9(8-12(11)16)18-7-6-10-13(17)2-1-3-14(10)18/h4-8,13H,1-3,17H2. The second-order valence-electron chi connectivity index (χ2n) is 4.68. The lowest BCUT2D eigenvalue weighted by atomic mass is 9.93. The molecule has 2 nitrogen and oxygen atoms in total. The van der Waals surface area contributed by atoms with Gasteiger partial charge in [-0.1, -0.05) is 11.6 Å². The van der Waals surface area contributed by atoms with Gasteiger partial charge < -0.3 is 10.3 Å². The van der Waals surface area contributed by atoms with Gasteiger partial charge in [-0.3, -0.25) is 0 Å². The minimum Gasteiger partial charge on any atom is -0.324 e. The second-order valence-corrected chi connectivity index (χ2v) is 5.09. The van der Waals surface area contributed by atoms with E-state index >= 15 is 0 Å². The van der Waals surface area contributed by atoms with E-state index in [9.17, 15) is 4.39 Å². The van der Waals surface area contributed by atoms with Gasteiger partial charge in [-0.05, 0) is 49.1 Å². The summed E-state index contributed by atoms with van der Waals surface area (Å²) in [5.41, 5.74) is 9.25. The molecule has 0 aliphatic heterocycles. The van der Waals surface area contributed by atoms with Crippen molar-refractivity contribution < 1.29 is 4.39 Å². The molecule has 1 heterocycles. The van der Waals surface area contributed by atoms with Gasteiger partial charge in [-0.15, -0.1) is 0 Å². The maximum Gasteiger partial charge on any atom is 0.143 e. The van der Waals surface area contributed by atoms with Crippen molar-refractivity contribution in [1.82, 2.24) is 4.57 Å². The molecule has 0 bridgehead atoms. The van der Waals surface area contributed by atoms with Crippen molar-refractivity contribution >= 4 is 11.6 Å². The third-order valence-corrected chi connectivity index (χ3v) is 3.84. The minimum absolute atomic E-state index is 0.104. The normalized spacial score (nSPS) is 18.7. The Balaban J connectivity index is 2.09. The molecule has 94 valence electrons. The van der Waals surface area contributed by atoms with E-state index in [1.54, 1.807) is 6.07 Å². The molecule has 0 spiro atoms. The molecule has 1 unspecified atom stereocenters. The van der Waals surface area contributed by atoms with Gasteiger partial charge in [-0.25, -0.2) is 4.39 Å². The zero-order valence-corrected chi connectivity index (χ0v) is 10.6. The molecule has 3 rings (SSSR count). The van der Waals surface area contributed by atoms with Gasteiger partial charge in [0.1, 0.15) is 5.82 Å². The maximum absolute atomic E-state index is 13.5. The smallest absolute Gasteiger partial charge is 0.143 e. The first-order valence-electron chi connectivity index (χ1n) is 6.08. The summed E-state index contributed by atoms with van der Waals surface area (Å²) in [4.78, 5) is 0. The predicted molar refractivity (Wildman–Crippen MR) is 70.6 cm³/mol. The molecule has 1 aromatic carbocycles. The summed E-state index contributed by atoms with van der Waals surface area (Å²) in [6, 6.07) is 7.01. The van der Waals surface area contributed by atoms with Crippen LogP contribution in [0.3, 0.4) is 0 Å². The second kappa shape index (κ2) is 4.41. The lowest BCUT2D eigenvalue weighted by Gasteiger charge is -2.21. The van der Waals surface area contributed by atoms with Crippen LogP contribution in [0, 0.1) is 5.82 Å². The van der Waals surface area contributed by atoms with Crippen molar-refractivity contribution in [2.45, 2.75) is 25.3 Å². The average Bonchev–Trinajstić information content (AvgIpc) is 2.78. The third-order valence-electron chi connectivity index (χ3n) is 3.54.